The Balaban J connectivity index is 1.17. The van der Waals surface area contributed by atoms with Crippen molar-refractivity contribution in [3.05, 3.63) is 41.1 Å². The molecule has 4 fully saturated rings. The number of ether oxygens (including phenoxy) is 2. The van der Waals surface area contributed by atoms with Gasteiger partial charge >= 0.3 is 0 Å². The van der Waals surface area contributed by atoms with E-state index in [-0.39, 0.29) is 17.1 Å². The predicted molar refractivity (Wildman–Crippen MR) is 129 cm³/mol. The van der Waals surface area contributed by atoms with Crippen LogP contribution in [0.3, 0.4) is 0 Å². The van der Waals surface area contributed by atoms with E-state index < -0.39 is 0 Å². The molecular formula is C27H33FN4O3. The minimum absolute atomic E-state index is 0.160. The maximum atomic E-state index is 14.7. The molecule has 1 N–H and O–H groups in total. The van der Waals surface area contributed by atoms with Crippen molar-refractivity contribution >= 4 is 11.7 Å². The van der Waals surface area contributed by atoms with E-state index in [1.165, 1.54) is 38.8 Å². The van der Waals surface area contributed by atoms with Gasteiger partial charge in [0, 0.05) is 36.8 Å². The van der Waals surface area contributed by atoms with E-state index in [1.54, 1.807) is 13.2 Å². The van der Waals surface area contributed by atoms with Crippen molar-refractivity contribution in [2.24, 2.45) is 23.2 Å². The number of methoxy groups -OCH3 is 2. The molecule has 186 valence electrons. The Labute approximate surface area is 205 Å². The summed E-state index contributed by atoms with van der Waals surface area (Å²) in [6, 6.07) is 3.06. The summed E-state index contributed by atoms with van der Waals surface area (Å²) in [4.78, 5) is 24.7. The zero-order valence-corrected chi connectivity index (χ0v) is 20.5. The Morgan fingerprint density at radius 2 is 1.74 bits per heavy atom. The number of halogens is 1. The predicted octanol–water partition coefficient (Wildman–Crippen LogP) is 4.35. The van der Waals surface area contributed by atoms with Gasteiger partial charge in [-0.25, -0.2) is 14.4 Å². The molecule has 7 nitrogen and oxygen atoms in total. The molecule has 7 rings (SSSR count). The van der Waals surface area contributed by atoms with Crippen molar-refractivity contribution in [3.8, 4) is 11.5 Å². The molecule has 2 heterocycles. The summed E-state index contributed by atoms with van der Waals surface area (Å²) >= 11 is 0. The number of fused-ring (bicyclic) bond motifs is 1. The molecule has 35 heavy (non-hydrogen) atoms. The number of benzene rings is 1. The fraction of sp³-hybridized carbons (Fsp3) is 0.593. The summed E-state index contributed by atoms with van der Waals surface area (Å²) in [6.45, 7) is 1.74. The zero-order valence-electron chi connectivity index (χ0n) is 20.5. The summed E-state index contributed by atoms with van der Waals surface area (Å²) in [6.07, 6.45) is 9.27. The minimum Gasteiger partial charge on any atom is -0.493 e. The number of hydrogen-bond donors (Lipinski definition) is 1. The van der Waals surface area contributed by atoms with Crippen LogP contribution >= 0.6 is 0 Å². The largest absolute Gasteiger partial charge is 0.493 e. The third-order valence-electron chi connectivity index (χ3n) is 8.78. The van der Waals surface area contributed by atoms with Crippen LogP contribution in [0.1, 0.15) is 55.3 Å². The van der Waals surface area contributed by atoms with E-state index in [0.717, 1.165) is 54.8 Å². The van der Waals surface area contributed by atoms with Gasteiger partial charge in [-0.1, -0.05) is 0 Å². The van der Waals surface area contributed by atoms with Gasteiger partial charge in [-0.15, -0.1) is 0 Å². The maximum absolute atomic E-state index is 14.7. The highest BCUT2D eigenvalue weighted by Gasteiger charge is 2.54. The van der Waals surface area contributed by atoms with Crippen LogP contribution in [0.2, 0.25) is 0 Å². The molecule has 2 aromatic rings. The summed E-state index contributed by atoms with van der Waals surface area (Å²) in [7, 11) is 3.05. The smallest absolute Gasteiger partial charge is 0.231 e. The second-order valence-electron chi connectivity index (χ2n) is 11.1. The van der Waals surface area contributed by atoms with Crippen LogP contribution < -0.4 is 14.8 Å². The molecule has 4 bridgehead atoms. The van der Waals surface area contributed by atoms with Crippen molar-refractivity contribution < 1.29 is 18.7 Å². The second kappa shape index (κ2) is 8.73. The number of aromatic nitrogens is 2. The highest BCUT2D eigenvalue weighted by Crippen LogP contribution is 2.60. The van der Waals surface area contributed by atoms with Gasteiger partial charge in [0.25, 0.3) is 0 Å². The second-order valence-corrected chi connectivity index (χ2v) is 11.1. The van der Waals surface area contributed by atoms with Crippen molar-refractivity contribution in [3.63, 3.8) is 0 Å². The van der Waals surface area contributed by atoms with Crippen LogP contribution in [0, 0.1) is 29.0 Å². The quantitative estimate of drug-likeness (QED) is 0.663. The van der Waals surface area contributed by atoms with Crippen molar-refractivity contribution in [1.29, 1.82) is 0 Å². The number of nitrogens with one attached hydrogen (secondary N) is 1. The Kier molecular flexibility index (Phi) is 5.66. The third-order valence-corrected chi connectivity index (χ3v) is 8.78. The fourth-order valence-corrected chi connectivity index (χ4v) is 7.54. The number of rotatable bonds is 6. The molecular weight excluding hydrogens is 447 g/mol. The molecule has 1 aromatic heterocycles. The van der Waals surface area contributed by atoms with E-state index in [2.05, 4.69) is 20.2 Å². The van der Waals surface area contributed by atoms with Gasteiger partial charge < -0.3 is 14.8 Å². The van der Waals surface area contributed by atoms with Crippen LogP contribution in [0.25, 0.3) is 0 Å². The first kappa shape index (κ1) is 22.7. The molecule has 0 spiro atoms. The molecule has 8 heteroatoms. The fourth-order valence-electron chi connectivity index (χ4n) is 7.54. The maximum Gasteiger partial charge on any atom is 0.231 e. The summed E-state index contributed by atoms with van der Waals surface area (Å²) < 4.78 is 25.2. The summed E-state index contributed by atoms with van der Waals surface area (Å²) in [5.41, 5.74) is 2.25. The lowest BCUT2D eigenvalue weighted by atomic mass is 9.49. The summed E-state index contributed by atoms with van der Waals surface area (Å²) in [5, 5.41) is 3.23. The lowest BCUT2D eigenvalue weighted by Gasteiger charge is -2.55. The highest BCUT2D eigenvalue weighted by molar-refractivity contribution is 5.95. The van der Waals surface area contributed by atoms with Crippen molar-refractivity contribution in [2.45, 2.75) is 58.0 Å². The summed E-state index contributed by atoms with van der Waals surface area (Å²) in [5.74, 6) is 3.55. The number of hydrogen-bond acceptors (Lipinski definition) is 6. The lowest BCUT2D eigenvalue weighted by molar-refractivity contribution is -0.140. The van der Waals surface area contributed by atoms with Crippen LogP contribution in [0.4, 0.5) is 10.2 Å². The Morgan fingerprint density at radius 3 is 2.40 bits per heavy atom. The SMILES string of the molecule is COc1cc(F)c(CN2CCc3c(ncnc3NC(=O)C34CC5CC(CC(C5)C3)C4)C2)cc1OC. The molecule has 1 amide bonds. The number of carbonyl (C=O) groups excluding carboxylic acids is 1. The molecule has 4 saturated carbocycles. The number of amides is 1. The van der Waals surface area contributed by atoms with Crippen LogP contribution in [-0.4, -0.2) is 41.5 Å². The van der Waals surface area contributed by atoms with Crippen molar-refractivity contribution in [2.75, 3.05) is 26.1 Å². The van der Waals surface area contributed by atoms with Gasteiger partial charge in [-0.05, 0) is 68.8 Å². The van der Waals surface area contributed by atoms with Crippen LogP contribution in [-0.2, 0) is 24.3 Å². The van der Waals surface area contributed by atoms with E-state index >= 15 is 0 Å². The third kappa shape index (κ3) is 4.05. The van der Waals surface area contributed by atoms with E-state index in [1.807, 2.05) is 0 Å². The van der Waals surface area contributed by atoms with Crippen LogP contribution in [0.15, 0.2) is 18.5 Å². The van der Waals surface area contributed by atoms with E-state index in [9.17, 15) is 9.18 Å². The molecule has 0 unspecified atom stereocenters. The van der Waals surface area contributed by atoms with Gasteiger partial charge in [-0.3, -0.25) is 9.69 Å². The van der Waals surface area contributed by atoms with Gasteiger partial charge in [0.15, 0.2) is 11.5 Å². The van der Waals surface area contributed by atoms with E-state index in [0.29, 0.717) is 42.4 Å². The molecule has 1 aromatic carbocycles. The van der Waals surface area contributed by atoms with Gasteiger partial charge in [-0.2, -0.15) is 0 Å². The molecule has 0 radical (unpaired) electrons. The normalized spacial score (nSPS) is 29.1. The lowest BCUT2D eigenvalue weighted by Crippen LogP contribution is -2.52. The molecule has 0 saturated heterocycles. The molecule has 5 aliphatic rings. The Hall–Kier alpha value is -2.74. The first-order chi connectivity index (χ1) is 17.0. The molecule has 1 aliphatic heterocycles. The standard InChI is InChI=1S/C27H33FN4O3/c1-34-23-8-19(21(28)9-24(23)35-2)13-32-4-3-20-22(14-32)29-15-30-25(20)31-26(33)27-10-16-5-17(11-27)7-18(6-16)12-27/h8-9,15-18H,3-7,10-14H2,1-2H3,(H,29,30,31,33). The number of nitrogens with zero attached hydrogens (tertiary/aromatic N) is 3. The molecule has 4 aliphatic carbocycles. The van der Waals surface area contributed by atoms with Gasteiger partial charge in [0.2, 0.25) is 5.91 Å². The van der Waals surface area contributed by atoms with Crippen molar-refractivity contribution in [1.82, 2.24) is 14.9 Å². The first-order valence-corrected chi connectivity index (χ1v) is 12.7. The minimum atomic E-state index is -0.320. The average molecular weight is 481 g/mol. The number of anilines is 1. The van der Waals surface area contributed by atoms with Gasteiger partial charge in [0.05, 0.1) is 25.3 Å². The Morgan fingerprint density at radius 1 is 1.09 bits per heavy atom. The van der Waals surface area contributed by atoms with Gasteiger partial charge in [0.1, 0.15) is 18.0 Å². The molecule has 0 atom stereocenters. The van der Waals surface area contributed by atoms with Crippen LogP contribution in [0.5, 0.6) is 11.5 Å². The van der Waals surface area contributed by atoms with E-state index in [4.69, 9.17) is 9.47 Å². The first-order valence-electron chi connectivity index (χ1n) is 12.7. The average Bonchev–Trinajstić information content (AvgIpc) is 2.84. The Bertz CT molecular complexity index is 1120. The number of carbonyl (C=O) groups is 1. The topological polar surface area (TPSA) is 76.6 Å². The highest BCUT2D eigenvalue weighted by atomic mass is 19.1. The monoisotopic (exact) mass is 480 g/mol. The zero-order chi connectivity index (χ0) is 24.2.